The van der Waals surface area contributed by atoms with Crippen molar-refractivity contribution in [3.05, 3.63) is 102 Å². The van der Waals surface area contributed by atoms with Crippen LogP contribution in [0.3, 0.4) is 0 Å². The van der Waals surface area contributed by atoms with Gasteiger partial charge in [0.2, 0.25) is 17.7 Å². The second-order valence-electron chi connectivity index (χ2n) is 12.8. The highest BCUT2D eigenvalue weighted by Gasteiger charge is 2.38. The number of hydrogen-bond acceptors (Lipinski definition) is 7. The molecular formula is C37H46F3N7O7. The number of hydrogen-bond donors (Lipinski definition) is 8. The van der Waals surface area contributed by atoms with Crippen molar-refractivity contribution in [1.82, 2.24) is 26.6 Å². The Kier molecular flexibility index (Phi) is 17.5. The first-order chi connectivity index (χ1) is 25.4. The number of urea groups is 1. The molecule has 0 aromatic heterocycles. The molecular weight excluding hydrogens is 711 g/mol. The molecule has 0 bridgehead atoms. The second-order valence-corrected chi connectivity index (χ2v) is 12.8. The molecule has 0 saturated carbocycles. The maximum absolute atomic E-state index is 13.8. The topological polar surface area (TPSA) is 224 Å². The molecule has 9 N–H and O–H groups in total. The Morgan fingerprint density at radius 2 is 1.30 bits per heavy atom. The summed E-state index contributed by atoms with van der Waals surface area (Å²) >= 11 is 0. The molecule has 0 spiro atoms. The summed E-state index contributed by atoms with van der Waals surface area (Å²) in [7, 11) is 0. The molecule has 0 fully saturated rings. The molecule has 3 aromatic carbocycles. The first-order valence-corrected chi connectivity index (χ1v) is 16.8. The molecule has 0 aliphatic heterocycles. The Balaban J connectivity index is 0.00000131. The Labute approximate surface area is 310 Å². The largest absolute Gasteiger partial charge is 0.508 e. The van der Waals surface area contributed by atoms with Gasteiger partial charge in [0.1, 0.15) is 11.8 Å². The number of carbonyl (C=O) groups excluding carboxylic acids is 4. The number of aromatic hydroxyl groups is 1. The smallest absolute Gasteiger partial charge is 0.490 e. The van der Waals surface area contributed by atoms with E-state index < -0.39 is 35.6 Å². The van der Waals surface area contributed by atoms with Gasteiger partial charge in [0.15, 0.2) is 5.96 Å². The molecule has 0 aliphatic rings. The van der Waals surface area contributed by atoms with Crippen LogP contribution in [0.25, 0.3) is 0 Å². The number of phenolic OH excluding ortho intramolecular Hbond substituents is 1. The van der Waals surface area contributed by atoms with Gasteiger partial charge in [-0.05, 0) is 41.7 Å². The molecule has 0 saturated heterocycles. The van der Waals surface area contributed by atoms with E-state index in [0.717, 1.165) is 16.7 Å². The van der Waals surface area contributed by atoms with Gasteiger partial charge in [-0.25, -0.2) is 9.59 Å². The normalized spacial score (nSPS) is 12.0. The quantitative estimate of drug-likeness (QED) is 0.0689. The van der Waals surface area contributed by atoms with Crippen LogP contribution in [-0.4, -0.2) is 77.7 Å². The third-order valence-electron chi connectivity index (χ3n) is 7.36. The molecule has 1 atom stereocenters. The lowest BCUT2D eigenvalue weighted by Gasteiger charge is -2.23. The van der Waals surface area contributed by atoms with Gasteiger partial charge in [-0.15, -0.1) is 0 Å². The number of rotatable bonds is 14. The fraction of sp³-hybridized carbons (Fsp3) is 0.351. The van der Waals surface area contributed by atoms with Crippen LogP contribution in [0.4, 0.5) is 18.0 Å². The monoisotopic (exact) mass is 757 g/mol. The first-order valence-electron chi connectivity index (χ1n) is 16.8. The maximum Gasteiger partial charge on any atom is 0.490 e. The van der Waals surface area contributed by atoms with Crippen molar-refractivity contribution in [2.45, 2.75) is 58.3 Å². The molecule has 0 unspecified atom stereocenters. The van der Waals surface area contributed by atoms with E-state index in [1.54, 1.807) is 32.9 Å². The lowest BCUT2D eigenvalue weighted by molar-refractivity contribution is -0.192. The van der Waals surface area contributed by atoms with E-state index in [2.05, 4.69) is 31.6 Å². The molecule has 14 nitrogen and oxygen atoms in total. The third kappa shape index (κ3) is 16.5. The maximum atomic E-state index is 13.8. The van der Waals surface area contributed by atoms with Crippen LogP contribution in [0, 0.1) is 5.41 Å². The van der Waals surface area contributed by atoms with E-state index >= 15 is 0 Å². The Hall–Kier alpha value is -6.13. The summed E-state index contributed by atoms with van der Waals surface area (Å²) < 4.78 is 31.7. The second kappa shape index (κ2) is 21.4. The van der Waals surface area contributed by atoms with Crippen LogP contribution in [0.2, 0.25) is 0 Å². The number of aliphatic carboxylic acids is 1. The van der Waals surface area contributed by atoms with Crippen LogP contribution in [0.1, 0.15) is 56.2 Å². The van der Waals surface area contributed by atoms with Gasteiger partial charge in [0.05, 0.1) is 5.92 Å². The fourth-order valence-electron chi connectivity index (χ4n) is 4.55. The van der Waals surface area contributed by atoms with Crippen LogP contribution in [0.15, 0.2) is 89.9 Å². The van der Waals surface area contributed by atoms with E-state index in [1.165, 1.54) is 12.1 Å². The summed E-state index contributed by atoms with van der Waals surface area (Å²) in [6.07, 6.45) is -4.46. The standard InChI is InChI=1S/C35H45N7O5.C2HF3O2/c1-35(2,3)32(46)37-21-22-39-34(47)42-33(36)38-20-10-15-28(30(44)40-23-24-16-18-27(43)19-17-24)41-31(45)29(25-11-6-4-7-12-25)26-13-8-5-9-14-26;3-2(4,5)1(6)7/h4-9,11-14,16-19,28-29,43H,10,15,20-23H2,1-3H3,(H,37,46)(H,40,44)(H,41,45)(H4,36,38,39,42,47);(H,6,7)/t28-;/m1./s1. The van der Waals surface area contributed by atoms with Crippen molar-refractivity contribution in [2.24, 2.45) is 16.1 Å². The van der Waals surface area contributed by atoms with Gasteiger partial charge < -0.3 is 37.2 Å². The Morgan fingerprint density at radius 3 is 1.80 bits per heavy atom. The SMILES string of the molecule is CC(C)(C)C(=O)NCCNC(=O)NC(N)=NCCC[C@@H](NC(=O)C(c1ccccc1)c1ccccc1)C(=O)NCc1ccc(O)cc1.O=C(O)C(F)(F)F. The highest BCUT2D eigenvalue weighted by atomic mass is 19.4. The average molecular weight is 758 g/mol. The van der Waals surface area contributed by atoms with Gasteiger partial charge in [-0.2, -0.15) is 13.2 Å². The molecule has 3 aromatic rings. The molecule has 0 radical (unpaired) electrons. The molecule has 3 rings (SSSR count). The first kappa shape index (κ1) is 44.0. The molecule has 0 heterocycles. The van der Waals surface area contributed by atoms with Crippen molar-refractivity contribution < 1.29 is 47.4 Å². The van der Waals surface area contributed by atoms with Crippen molar-refractivity contribution >= 4 is 35.7 Å². The number of nitrogens with zero attached hydrogens (tertiary/aromatic N) is 1. The van der Waals surface area contributed by atoms with E-state index in [1.807, 2.05) is 60.7 Å². The predicted octanol–water partition coefficient (Wildman–Crippen LogP) is 3.52. The number of carboxylic acid groups (broad SMARTS) is 1. The lowest BCUT2D eigenvalue weighted by Crippen LogP contribution is -2.48. The summed E-state index contributed by atoms with van der Waals surface area (Å²) in [4.78, 5) is 64.3. The number of nitrogens with one attached hydrogen (secondary N) is 5. The van der Waals surface area contributed by atoms with Gasteiger partial charge >= 0.3 is 18.2 Å². The number of amides is 5. The van der Waals surface area contributed by atoms with Crippen molar-refractivity contribution in [1.29, 1.82) is 0 Å². The number of nitrogens with two attached hydrogens (primary N) is 1. The highest BCUT2D eigenvalue weighted by Crippen LogP contribution is 2.25. The van der Waals surface area contributed by atoms with Crippen LogP contribution >= 0.6 is 0 Å². The molecule has 0 aliphatic carbocycles. The van der Waals surface area contributed by atoms with Crippen LogP contribution < -0.4 is 32.3 Å². The summed E-state index contributed by atoms with van der Waals surface area (Å²) in [5.41, 5.74) is 7.71. The van der Waals surface area contributed by atoms with Crippen LogP contribution in [-0.2, 0) is 25.7 Å². The number of alkyl halides is 3. The molecule has 54 heavy (non-hydrogen) atoms. The summed E-state index contributed by atoms with van der Waals surface area (Å²) in [5.74, 6) is -4.21. The number of guanidine groups is 1. The number of carboxylic acids is 1. The van der Waals surface area contributed by atoms with Crippen molar-refractivity contribution in [2.75, 3.05) is 19.6 Å². The zero-order valence-corrected chi connectivity index (χ0v) is 30.1. The Morgan fingerprint density at radius 1 is 0.778 bits per heavy atom. The van der Waals surface area contributed by atoms with Crippen molar-refractivity contribution in [3.63, 3.8) is 0 Å². The van der Waals surface area contributed by atoms with Gasteiger partial charge in [-0.3, -0.25) is 24.7 Å². The van der Waals surface area contributed by atoms with Gasteiger partial charge in [0.25, 0.3) is 0 Å². The lowest BCUT2D eigenvalue weighted by atomic mass is 9.90. The minimum absolute atomic E-state index is 0.105. The summed E-state index contributed by atoms with van der Waals surface area (Å²) in [6, 6.07) is 23.7. The fourth-order valence-corrected chi connectivity index (χ4v) is 4.55. The zero-order valence-electron chi connectivity index (χ0n) is 30.1. The minimum atomic E-state index is -5.08. The third-order valence-corrected chi connectivity index (χ3v) is 7.36. The summed E-state index contributed by atoms with van der Waals surface area (Å²) in [6.45, 7) is 6.25. The van der Waals surface area contributed by atoms with E-state index in [4.69, 9.17) is 15.6 Å². The summed E-state index contributed by atoms with van der Waals surface area (Å²) in [5, 5.41) is 30.3. The van der Waals surface area contributed by atoms with E-state index in [0.29, 0.717) is 6.42 Å². The van der Waals surface area contributed by atoms with Crippen LogP contribution in [0.5, 0.6) is 5.75 Å². The number of halogens is 3. The van der Waals surface area contributed by atoms with Gasteiger partial charge in [0, 0.05) is 31.6 Å². The van der Waals surface area contributed by atoms with Crippen molar-refractivity contribution in [3.8, 4) is 5.75 Å². The molecule has 292 valence electrons. The Bertz CT molecular complexity index is 1660. The van der Waals surface area contributed by atoms with E-state index in [9.17, 15) is 37.5 Å². The van der Waals surface area contributed by atoms with Gasteiger partial charge in [-0.1, -0.05) is 93.6 Å². The molecule has 5 amide bonds. The minimum Gasteiger partial charge on any atom is -0.508 e. The number of phenols is 1. The highest BCUT2D eigenvalue weighted by molar-refractivity contribution is 5.95. The number of benzene rings is 3. The average Bonchev–Trinajstić information content (AvgIpc) is 3.11. The number of aliphatic imine (C=N–C) groups is 1. The predicted molar refractivity (Wildman–Crippen MR) is 195 cm³/mol. The molecule has 17 heteroatoms. The van der Waals surface area contributed by atoms with E-state index in [-0.39, 0.29) is 62.0 Å². The zero-order chi connectivity index (χ0) is 40.3. The number of carbonyl (C=O) groups is 5.